The first-order valence-corrected chi connectivity index (χ1v) is 2.88. The Morgan fingerprint density at radius 1 is 1.67 bits per heavy atom. The maximum atomic E-state index is 10.3. The Hall–Kier alpha value is 0.470. The van der Waals surface area contributed by atoms with Crippen molar-refractivity contribution in [3.63, 3.8) is 0 Å². The van der Waals surface area contributed by atoms with Gasteiger partial charge in [0.05, 0.1) is 7.11 Å². The minimum Gasteiger partial charge on any atom is -1.00 e. The molecule has 50 valence electrons. The molecule has 0 spiro atoms. The van der Waals surface area contributed by atoms with E-state index >= 15 is 0 Å². The predicted molar refractivity (Wildman–Crippen MR) is 32.7 cm³/mol. The van der Waals surface area contributed by atoms with E-state index in [-0.39, 0.29) is 37.0 Å². The molecule has 0 aromatic rings. The Bertz CT molecular complexity index is 78.1. The van der Waals surface area contributed by atoms with Gasteiger partial charge in [-0.2, -0.15) is 0 Å². The van der Waals surface area contributed by atoms with Crippen molar-refractivity contribution in [2.75, 3.05) is 7.11 Å². The fraction of sp³-hybridized carbons (Fsp3) is 0.833. The van der Waals surface area contributed by atoms with Crippen molar-refractivity contribution < 1.29 is 40.5 Å². The fourth-order valence-corrected chi connectivity index (χ4v) is 0.423. The standard InChI is InChI=1S/C6H12O2.Na.H/c1-3-4-5-6(7)8-2;;/h3-5H2,1-2H3;;/q;+1;-1. The predicted octanol–water partition coefficient (Wildman–Crippen LogP) is -1.53. The van der Waals surface area contributed by atoms with E-state index in [0.29, 0.717) is 6.42 Å². The summed E-state index contributed by atoms with van der Waals surface area (Å²) in [6.45, 7) is 2.04. The van der Waals surface area contributed by atoms with Crippen molar-refractivity contribution in [2.45, 2.75) is 26.2 Å². The quantitative estimate of drug-likeness (QED) is 0.351. The van der Waals surface area contributed by atoms with Gasteiger partial charge in [0, 0.05) is 6.42 Å². The first-order chi connectivity index (χ1) is 3.81. The molecule has 0 saturated heterocycles. The number of ether oxygens (including phenoxy) is 1. The van der Waals surface area contributed by atoms with Gasteiger partial charge in [0.25, 0.3) is 0 Å². The van der Waals surface area contributed by atoms with Crippen molar-refractivity contribution >= 4 is 5.97 Å². The van der Waals surface area contributed by atoms with Crippen molar-refractivity contribution in [3.8, 4) is 0 Å². The van der Waals surface area contributed by atoms with Crippen LogP contribution in [0, 0.1) is 0 Å². The van der Waals surface area contributed by atoms with Gasteiger partial charge in [0.1, 0.15) is 0 Å². The van der Waals surface area contributed by atoms with E-state index in [4.69, 9.17) is 0 Å². The molecule has 0 aliphatic carbocycles. The van der Waals surface area contributed by atoms with E-state index in [9.17, 15) is 4.79 Å². The molecule has 0 aliphatic heterocycles. The second kappa shape index (κ2) is 8.47. The summed E-state index contributed by atoms with van der Waals surface area (Å²) in [6.07, 6.45) is 2.55. The van der Waals surface area contributed by atoms with Crippen LogP contribution in [0.4, 0.5) is 0 Å². The second-order valence-corrected chi connectivity index (χ2v) is 1.68. The second-order valence-electron chi connectivity index (χ2n) is 1.68. The molecular formula is C6H13NaO2. The van der Waals surface area contributed by atoms with E-state index in [0.717, 1.165) is 12.8 Å². The van der Waals surface area contributed by atoms with Gasteiger partial charge < -0.3 is 6.16 Å². The average molecular weight is 140 g/mol. The molecule has 0 bridgehead atoms. The van der Waals surface area contributed by atoms with E-state index in [1.54, 1.807) is 0 Å². The van der Waals surface area contributed by atoms with Gasteiger partial charge in [-0.15, -0.1) is 0 Å². The molecule has 0 rings (SSSR count). The number of carbonyl (C=O) groups excluding carboxylic acids is 1. The van der Waals surface area contributed by atoms with Crippen molar-refractivity contribution in [1.29, 1.82) is 0 Å². The number of methoxy groups -OCH3 is 1. The van der Waals surface area contributed by atoms with E-state index in [2.05, 4.69) is 4.74 Å². The molecule has 0 N–H and O–H groups in total. The minimum absolute atomic E-state index is 0. The smallest absolute Gasteiger partial charge is 1.00 e. The van der Waals surface area contributed by atoms with Crippen LogP contribution in [0.1, 0.15) is 27.6 Å². The molecule has 0 heterocycles. The van der Waals surface area contributed by atoms with Crippen molar-refractivity contribution in [1.82, 2.24) is 0 Å². The van der Waals surface area contributed by atoms with Gasteiger partial charge >= 0.3 is 35.5 Å². The molecule has 0 atom stereocenters. The molecule has 0 unspecified atom stereocenters. The summed E-state index contributed by atoms with van der Waals surface area (Å²) in [7, 11) is 1.41. The zero-order valence-electron chi connectivity index (χ0n) is 7.44. The van der Waals surface area contributed by atoms with Crippen LogP contribution in [0.5, 0.6) is 0 Å². The van der Waals surface area contributed by atoms with E-state index in [1.165, 1.54) is 7.11 Å². The maximum Gasteiger partial charge on any atom is 1.00 e. The van der Waals surface area contributed by atoms with Crippen LogP contribution in [0.15, 0.2) is 0 Å². The first kappa shape index (κ1) is 12.2. The number of hydrogen-bond acceptors (Lipinski definition) is 2. The largest absolute Gasteiger partial charge is 1.00 e. The van der Waals surface area contributed by atoms with Gasteiger partial charge in [0.15, 0.2) is 0 Å². The summed E-state index contributed by atoms with van der Waals surface area (Å²) in [6, 6.07) is 0. The summed E-state index contributed by atoms with van der Waals surface area (Å²) in [5.41, 5.74) is 0. The minimum atomic E-state index is -0.105. The van der Waals surface area contributed by atoms with Crippen LogP contribution in [0.2, 0.25) is 0 Å². The molecular weight excluding hydrogens is 127 g/mol. The van der Waals surface area contributed by atoms with Crippen LogP contribution in [0.25, 0.3) is 0 Å². The monoisotopic (exact) mass is 140 g/mol. The van der Waals surface area contributed by atoms with Crippen LogP contribution < -0.4 is 29.6 Å². The van der Waals surface area contributed by atoms with Gasteiger partial charge in [-0.25, -0.2) is 0 Å². The third-order valence-electron chi connectivity index (χ3n) is 0.962. The molecule has 0 amide bonds. The van der Waals surface area contributed by atoms with Gasteiger partial charge in [0.2, 0.25) is 0 Å². The summed E-state index contributed by atoms with van der Waals surface area (Å²) >= 11 is 0. The summed E-state index contributed by atoms with van der Waals surface area (Å²) in [4.78, 5) is 10.3. The maximum absolute atomic E-state index is 10.3. The van der Waals surface area contributed by atoms with Crippen LogP contribution >= 0.6 is 0 Å². The molecule has 0 saturated carbocycles. The number of rotatable bonds is 3. The Labute approximate surface area is 79.7 Å². The first-order valence-electron chi connectivity index (χ1n) is 2.88. The molecule has 9 heavy (non-hydrogen) atoms. The SMILES string of the molecule is CCCCC(=O)OC.[H-].[Na+]. The number of carbonyl (C=O) groups is 1. The molecule has 0 aliphatic rings. The topological polar surface area (TPSA) is 26.3 Å². The van der Waals surface area contributed by atoms with Crippen LogP contribution in [-0.4, -0.2) is 13.1 Å². The van der Waals surface area contributed by atoms with Crippen molar-refractivity contribution in [3.05, 3.63) is 0 Å². The van der Waals surface area contributed by atoms with Gasteiger partial charge in [-0.1, -0.05) is 13.3 Å². The molecule has 0 radical (unpaired) electrons. The molecule has 3 heteroatoms. The Balaban J connectivity index is -0.000000245. The molecule has 0 aromatic heterocycles. The molecule has 0 aromatic carbocycles. The zero-order valence-corrected chi connectivity index (χ0v) is 8.44. The van der Waals surface area contributed by atoms with E-state index in [1.807, 2.05) is 6.92 Å². The number of unbranched alkanes of at least 4 members (excludes halogenated alkanes) is 1. The third kappa shape index (κ3) is 8.47. The van der Waals surface area contributed by atoms with Crippen LogP contribution in [0.3, 0.4) is 0 Å². The Kier molecular flexibility index (Phi) is 11.5. The summed E-state index contributed by atoms with van der Waals surface area (Å²) in [5.74, 6) is -0.105. The normalized spacial score (nSPS) is 7.78. The zero-order chi connectivity index (χ0) is 6.41. The third-order valence-corrected chi connectivity index (χ3v) is 0.962. The van der Waals surface area contributed by atoms with Gasteiger partial charge in [-0.05, 0) is 6.42 Å². The number of hydrogen-bond donors (Lipinski definition) is 0. The Morgan fingerprint density at radius 2 is 2.22 bits per heavy atom. The van der Waals surface area contributed by atoms with Crippen LogP contribution in [-0.2, 0) is 9.53 Å². The fourth-order valence-electron chi connectivity index (χ4n) is 0.423. The molecule has 2 nitrogen and oxygen atoms in total. The summed E-state index contributed by atoms with van der Waals surface area (Å²) < 4.78 is 4.41. The summed E-state index contributed by atoms with van der Waals surface area (Å²) in [5, 5.41) is 0. The average Bonchev–Trinajstić information content (AvgIpc) is 1.83. The molecule has 0 fully saturated rings. The van der Waals surface area contributed by atoms with Crippen molar-refractivity contribution in [2.24, 2.45) is 0 Å². The van der Waals surface area contributed by atoms with Gasteiger partial charge in [-0.3, -0.25) is 4.79 Å². The van der Waals surface area contributed by atoms with E-state index < -0.39 is 0 Å². The Morgan fingerprint density at radius 3 is 2.56 bits per heavy atom. The number of esters is 1.